The lowest BCUT2D eigenvalue weighted by Crippen LogP contribution is -2.22. The molecule has 0 saturated carbocycles. The summed E-state index contributed by atoms with van der Waals surface area (Å²) in [6, 6.07) is 36.1. The van der Waals surface area contributed by atoms with Crippen LogP contribution < -0.4 is 10.6 Å². The molecule has 2 nitrogen and oxygen atoms in total. The highest BCUT2D eigenvalue weighted by Gasteiger charge is 2.41. The fraction of sp³-hybridized carbons (Fsp3) is 0.0345. The number of rotatable bonds is 5. The molecular weight excluding hydrogens is 430 g/mol. The van der Waals surface area contributed by atoms with E-state index in [1.165, 1.54) is 12.1 Å². The molecule has 0 bridgehead atoms. The zero-order valence-electron chi connectivity index (χ0n) is 17.8. The number of phenolic OH excluding ortho intramolecular Hbond substituents is 1. The maximum absolute atomic E-state index is 15.4. The second-order valence-electron chi connectivity index (χ2n) is 8.00. The number of hydrogen-bond acceptors (Lipinski definition) is 2. The van der Waals surface area contributed by atoms with Crippen molar-refractivity contribution in [3.8, 4) is 5.75 Å². The minimum Gasteiger partial charge on any atom is -0.508 e. The van der Waals surface area contributed by atoms with Crippen LogP contribution in [0.1, 0.15) is 16.8 Å². The van der Waals surface area contributed by atoms with E-state index in [0.29, 0.717) is 21.7 Å². The highest BCUT2D eigenvalue weighted by molar-refractivity contribution is 7.79. The summed E-state index contributed by atoms with van der Waals surface area (Å²) in [5.41, 5.74) is 0.545. The van der Waals surface area contributed by atoms with Crippen molar-refractivity contribution in [2.45, 2.75) is 5.66 Å². The predicted octanol–water partition coefficient (Wildman–Crippen LogP) is 6.79. The van der Waals surface area contributed by atoms with Crippen molar-refractivity contribution in [2.24, 2.45) is 0 Å². The van der Waals surface area contributed by atoms with Gasteiger partial charge in [-0.25, -0.2) is 4.39 Å². The third-order valence-electron chi connectivity index (χ3n) is 6.05. The maximum atomic E-state index is 15.4. The van der Waals surface area contributed by atoms with Crippen molar-refractivity contribution >= 4 is 28.5 Å². The number of fused-ring (bicyclic) bond motifs is 1. The molecule has 0 saturated heterocycles. The first-order valence-corrected chi connectivity index (χ1v) is 12.5. The number of hydrogen-bond donors (Lipinski definition) is 1. The van der Waals surface area contributed by atoms with Gasteiger partial charge in [0.1, 0.15) is 11.6 Å². The largest absolute Gasteiger partial charge is 0.508 e. The average Bonchev–Trinajstić information content (AvgIpc) is 2.87. The van der Waals surface area contributed by atoms with E-state index in [2.05, 4.69) is 0 Å². The molecular formula is C29H22FO2P. The fourth-order valence-corrected chi connectivity index (χ4v) is 7.87. The molecule has 162 valence electrons. The Kier molecular flexibility index (Phi) is 5.58. The van der Waals surface area contributed by atoms with Crippen molar-refractivity contribution in [2.75, 3.05) is 0 Å². The Morgan fingerprint density at radius 2 is 1.18 bits per heavy atom. The van der Waals surface area contributed by atoms with Crippen LogP contribution in [0.4, 0.5) is 4.39 Å². The quantitative estimate of drug-likeness (QED) is 0.298. The number of phenols is 1. The van der Waals surface area contributed by atoms with E-state index in [1.807, 2.05) is 91.0 Å². The van der Waals surface area contributed by atoms with Crippen LogP contribution in [0, 0.1) is 5.82 Å². The summed E-state index contributed by atoms with van der Waals surface area (Å²) < 4.78 is 29.3. The molecule has 1 unspecified atom stereocenters. The van der Waals surface area contributed by atoms with Gasteiger partial charge in [0.25, 0.3) is 0 Å². The molecule has 5 rings (SSSR count). The van der Waals surface area contributed by atoms with Crippen LogP contribution >= 0.6 is 7.14 Å². The van der Waals surface area contributed by atoms with Crippen molar-refractivity contribution in [3.05, 3.63) is 138 Å². The molecule has 0 radical (unpaired) electrons. The topological polar surface area (TPSA) is 37.3 Å². The van der Waals surface area contributed by atoms with E-state index in [0.717, 1.165) is 10.8 Å². The van der Waals surface area contributed by atoms with Gasteiger partial charge in [-0.05, 0) is 34.5 Å². The summed E-state index contributed by atoms with van der Waals surface area (Å²) in [5, 5.41) is 14.3. The van der Waals surface area contributed by atoms with Crippen molar-refractivity contribution in [3.63, 3.8) is 0 Å². The molecule has 1 atom stereocenters. The molecule has 0 aliphatic rings. The zero-order chi connectivity index (χ0) is 22.8. The Hall–Kier alpha value is -3.68. The summed E-state index contributed by atoms with van der Waals surface area (Å²) in [6.07, 6.45) is 0. The standard InChI is InChI=1S/C29H22FO2P/c30-23-18-15-22(16-19-23)29(28-26-14-8-7-9-21(26)17-20-27(28)31)33(32,24-10-3-1-4-11-24)25-12-5-2-6-13-25/h1-20,29,31H. The molecule has 0 heterocycles. The highest BCUT2D eigenvalue weighted by Crippen LogP contribution is 2.62. The Labute approximate surface area is 192 Å². The van der Waals surface area contributed by atoms with E-state index in [1.54, 1.807) is 18.2 Å². The predicted molar refractivity (Wildman–Crippen MR) is 134 cm³/mol. The van der Waals surface area contributed by atoms with Crippen molar-refractivity contribution in [1.29, 1.82) is 0 Å². The van der Waals surface area contributed by atoms with Gasteiger partial charge in [0, 0.05) is 16.2 Å². The summed E-state index contributed by atoms with van der Waals surface area (Å²) in [7, 11) is -3.41. The molecule has 0 amide bonds. The van der Waals surface area contributed by atoms with Crippen LogP contribution in [0.15, 0.2) is 121 Å². The highest BCUT2D eigenvalue weighted by atomic mass is 31.2. The summed E-state index contributed by atoms with van der Waals surface area (Å²) in [6.45, 7) is 0. The molecule has 33 heavy (non-hydrogen) atoms. The lowest BCUT2D eigenvalue weighted by Gasteiger charge is -2.31. The molecule has 0 aromatic heterocycles. The molecule has 1 N–H and O–H groups in total. The summed E-state index contributed by atoms with van der Waals surface area (Å²) in [5.74, 6) is -0.302. The van der Waals surface area contributed by atoms with Gasteiger partial charge in [-0.3, -0.25) is 0 Å². The second kappa shape index (κ2) is 8.69. The first-order chi connectivity index (χ1) is 16.1. The smallest absolute Gasteiger partial charge is 0.154 e. The van der Waals surface area contributed by atoms with Crippen LogP contribution in [0.3, 0.4) is 0 Å². The SMILES string of the molecule is O=P(c1ccccc1)(c1ccccc1)C(c1ccc(F)cc1)c1c(O)ccc2ccccc12. The van der Waals surface area contributed by atoms with Crippen molar-refractivity contribution < 1.29 is 14.1 Å². The summed E-state index contributed by atoms with van der Waals surface area (Å²) >= 11 is 0. The molecule has 4 heteroatoms. The van der Waals surface area contributed by atoms with Crippen LogP contribution in [0.5, 0.6) is 5.75 Å². The molecule has 0 aliphatic carbocycles. The fourth-order valence-electron chi connectivity index (χ4n) is 4.52. The van der Waals surface area contributed by atoms with Gasteiger partial charge in [0.05, 0.1) is 5.66 Å². The lowest BCUT2D eigenvalue weighted by molar-refractivity contribution is 0.469. The second-order valence-corrected chi connectivity index (χ2v) is 10.9. The van der Waals surface area contributed by atoms with Gasteiger partial charge < -0.3 is 9.67 Å². The van der Waals surface area contributed by atoms with Crippen LogP contribution in [-0.4, -0.2) is 5.11 Å². The van der Waals surface area contributed by atoms with E-state index in [-0.39, 0.29) is 11.6 Å². The third-order valence-corrected chi connectivity index (χ3v) is 9.46. The third kappa shape index (κ3) is 3.75. The number of aromatic hydroxyl groups is 1. The Morgan fingerprint density at radius 1 is 0.636 bits per heavy atom. The molecule has 0 aliphatic heterocycles. The van der Waals surface area contributed by atoms with Gasteiger partial charge in [-0.15, -0.1) is 0 Å². The molecule has 5 aromatic carbocycles. The monoisotopic (exact) mass is 452 g/mol. The first-order valence-electron chi connectivity index (χ1n) is 10.8. The van der Waals surface area contributed by atoms with E-state index in [9.17, 15) is 9.50 Å². The minimum atomic E-state index is -3.41. The van der Waals surface area contributed by atoms with Crippen molar-refractivity contribution in [1.82, 2.24) is 0 Å². The van der Waals surface area contributed by atoms with E-state index < -0.39 is 12.8 Å². The molecule has 0 spiro atoms. The number of benzene rings is 5. The summed E-state index contributed by atoms with van der Waals surface area (Å²) in [4.78, 5) is 0. The van der Waals surface area contributed by atoms with E-state index in [4.69, 9.17) is 0 Å². The number of halogens is 1. The Morgan fingerprint density at radius 3 is 1.79 bits per heavy atom. The first kappa shape index (κ1) is 21.2. The van der Waals surface area contributed by atoms with Crippen LogP contribution in [0.2, 0.25) is 0 Å². The van der Waals surface area contributed by atoms with E-state index >= 15 is 4.57 Å². The van der Waals surface area contributed by atoms with Gasteiger partial charge in [-0.2, -0.15) is 0 Å². The van der Waals surface area contributed by atoms with Gasteiger partial charge in [0.15, 0.2) is 7.14 Å². The lowest BCUT2D eigenvalue weighted by atomic mass is 9.97. The minimum absolute atomic E-state index is 0.0649. The molecule has 5 aromatic rings. The van der Waals surface area contributed by atoms with Gasteiger partial charge >= 0.3 is 0 Å². The normalized spacial score (nSPS) is 12.5. The van der Waals surface area contributed by atoms with Gasteiger partial charge in [-0.1, -0.05) is 103 Å². The Bertz CT molecular complexity index is 1400. The zero-order valence-corrected chi connectivity index (χ0v) is 18.7. The molecule has 0 fully saturated rings. The van der Waals surface area contributed by atoms with Crippen LogP contribution in [-0.2, 0) is 4.57 Å². The average molecular weight is 452 g/mol. The van der Waals surface area contributed by atoms with Gasteiger partial charge in [0.2, 0.25) is 0 Å². The maximum Gasteiger partial charge on any atom is 0.154 e. The van der Waals surface area contributed by atoms with Crippen LogP contribution in [0.25, 0.3) is 10.8 Å². The Balaban J connectivity index is 1.91.